The summed E-state index contributed by atoms with van der Waals surface area (Å²) in [7, 11) is -3.71. The van der Waals surface area contributed by atoms with Gasteiger partial charge in [-0.2, -0.15) is 0 Å². The zero-order chi connectivity index (χ0) is 21.8. The molecule has 0 radical (unpaired) electrons. The van der Waals surface area contributed by atoms with Crippen molar-refractivity contribution in [3.05, 3.63) is 64.4 Å². The predicted octanol–water partition coefficient (Wildman–Crippen LogP) is 3.96. The summed E-state index contributed by atoms with van der Waals surface area (Å²) in [6, 6.07) is 14.0. The maximum absolute atomic E-state index is 13.2. The predicted molar refractivity (Wildman–Crippen MR) is 125 cm³/mol. The van der Waals surface area contributed by atoms with Gasteiger partial charge in [-0.05, 0) is 55.0 Å². The van der Waals surface area contributed by atoms with Crippen molar-refractivity contribution in [2.24, 2.45) is 11.1 Å². The summed E-state index contributed by atoms with van der Waals surface area (Å²) in [5.41, 5.74) is 1.64. The highest BCUT2D eigenvalue weighted by Crippen LogP contribution is 2.29. The van der Waals surface area contributed by atoms with E-state index in [0.29, 0.717) is 24.3 Å². The van der Waals surface area contributed by atoms with Crippen LogP contribution in [0.25, 0.3) is 10.9 Å². The average Bonchev–Trinajstić information content (AvgIpc) is 2.77. The highest BCUT2D eigenvalue weighted by atomic mass is 32.2. The van der Waals surface area contributed by atoms with E-state index in [-0.39, 0.29) is 10.5 Å². The summed E-state index contributed by atoms with van der Waals surface area (Å²) < 4.78 is 24.7. The lowest BCUT2D eigenvalue weighted by atomic mass is 9.91. The molecule has 0 amide bonds. The number of nitrogens with zero attached hydrogens (tertiary/aromatic N) is 2. The minimum absolute atomic E-state index is 0.0297. The van der Waals surface area contributed by atoms with E-state index in [4.69, 9.17) is 10.1 Å². The van der Waals surface area contributed by atoms with Crippen molar-refractivity contribution in [2.75, 3.05) is 5.75 Å². The normalized spacial score (nSPS) is 15.4. The van der Waals surface area contributed by atoms with Gasteiger partial charge < -0.3 is 0 Å². The minimum atomic E-state index is -3.71. The standard InChI is InChI=1S/C23H27N3O3S2/c24-31(28,29)19-12-10-17(11-13-19)14-15-26-22(27)20-8-4-5-9-21(20)25-23(26)30-16-18-6-2-1-3-7-18/h4-5,8-13,18H,1-3,6-7,14-16H2,(H2,24,28,29). The molecule has 31 heavy (non-hydrogen) atoms. The van der Waals surface area contributed by atoms with Crippen LogP contribution in [-0.4, -0.2) is 23.7 Å². The summed E-state index contributed by atoms with van der Waals surface area (Å²) in [5, 5.41) is 6.55. The molecule has 1 heterocycles. The number of nitrogens with two attached hydrogens (primary N) is 1. The van der Waals surface area contributed by atoms with Crippen LogP contribution in [0.2, 0.25) is 0 Å². The number of thioether (sulfide) groups is 1. The fourth-order valence-corrected chi connectivity index (χ4v) is 5.81. The molecule has 0 aliphatic heterocycles. The highest BCUT2D eigenvalue weighted by molar-refractivity contribution is 7.99. The molecule has 2 N–H and O–H groups in total. The molecule has 0 atom stereocenters. The van der Waals surface area contributed by atoms with Gasteiger partial charge in [-0.25, -0.2) is 18.5 Å². The topological polar surface area (TPSA) is 95.1 Å². The third kappa shape index (κ3) is 5.37. The fourth-order valence-electron chi connectivity index (χ4n) is 4.09. The summed E-state index contributed by atoms with van der Waals surface area (Å²) in [6.45, 7) is 0.485. The Morgan fingerprint density at radius 3 is 2.45 bits per heavy atom. The number of benzene rings is 2. The molecule has 8 heteroatoms. The van der Waals surface area contributed by atoms with Crippen molar-refractivity contribution >= 4 is 32.7 Å². The first kappa shape index (κ1) is 22.0. The summed E-state index contributed by atoms with van der Waals surface area (Å²) in [5.74, 6) is 1.66. The highest BCUT2D eigenvalue weighted by Gasteiger charge is 2.17. The number of fused-ring (bicyclic) bond motifs is 1. The van der Waals surface area contributed by atoms with Gasteiger partial charge in [0.25, 0.3) is 5.56 Å². The molecule has 6 nitrogen and oxygen atoms in total. The molecule has 1 aliphatic rings. The van der Waals surface area contributed by atoms with Gasteiger partial charge in [0, 0.05) is 12.3 Å². The van der Waals surface area contributed by atoms with E-state index in [9.17, 15) is 13.2 Å². The lowest BCUT2D eigenvalue weighted by molar-refractivity contribution is 0.390. The first-order valence-electron chi connectivity index (χ1n) is 10.7. The van der Waals surface area contributed by atoms with Crippen LogP contribution >= 0.6 is 11.8 Å². The van der Waals surface area contributed by atoms with E-state index in [2.05, 4.69) is 0 Å². The average molecular weight is 458 g/mol. The molecule has 0 unspecified atom stereocenters. The molecule has 0 saturated heterocycles. The van der Waals surface area contributed by atoms with Crippen molar-refractivity contribution in [3.63, 3.8) is 0 Å². The van der Waals surface area contributed by atoms with E-state index in [1.165, 1.54) is 44.2 Å². The smallest absolute Gasteiger partial charge is 0.262 e. The molecular weight excluding hydrogens is 430 g/mol. The van der Waals surface area contributed by atoms with Gasteiger partial charge in [-0.15, -0.1) is 0 Å². The first-order chi connectivity index (χ1) is 14.9. The van der Waals surface area contributed by atoms with E-state index in [1.807, 2.05) is 24.3 Å². The Hall–Kier alpha value is -2.16. The van der Waals surface area contributed by atoms with E-state index in [0.717, 1.165) is 22.0 Å². The first-order valence-corrected chi connectivity index (χ1v) is 13.2. The summed E-state index contributed by atoms with van der Waals surface area (Å²) in [6.07, 6.45) is 7.00. The van der Waals surface area contributed by atoms with Crippen molar-refractivity contribution in [3.8, 4) is 0 Å². The van der Waals surface area contributed by atoms with Crippen LogP contribution in [0.5, 0.6) is 0 Å². The second kappa shape index (κ2) is 9.54. The third-order valence-corrected chi connectivity index (χ3v) is 8.01. The Kier molecular flexibility index (Phi) is 6.79. The largest absolute Gasteiger partial charge is 0.287 e. The summed E-state index contributed by atoms with van der Waals surface area (Å²) >= 11 is 1.68. The maximum Gasteiger partial charge on any atom is 0.262 e. The van der Waals surface area contributed by atoms with E-state index < -0.39 is 10.0 Å². The zero-order valence-electron chi connectivity index (χ0n) is 17.4. The molecular formula is C23H27N3O3S2. The van der Waals surface area contributed by atoms with Crippen LogP contribution in [0.1, 0.15) is 37.7 Å². The molecule has 4 rings (SSSR count). The SMILES string of the molecule is NS(=O)(=O)c1ccc(CCn2c(SCC3CCCCC3)nc3ccccc3c2=O)cc1. The van der Waals surface area contributed by atoms with Gasteiger partial charge in [0.15, 0.2) is 5.16 Å². The van der Waals surface area contributed by atoms with Crippen LogP contribution in [0.15, 0.2) is 63.4 Å². The molecule has 1 saturated carbocycles. The van der Waals surface area contributed by atoms with E-state index in [1.54, 1.807) is 28.5 Å². The van der Waals surface area contributed by atoms with Gasteiger partial charge in [0.2, 0.25) is 10.0 Å². The molecule has 1 aliphatic carbocycles. The second-order valence-electron chi connectivity index (χ2n) is 8.12. The zero-order valence-corrected chi connectivity index (χ0v) is 19.0. The van der Waals surface area contributed by atoms with Crippen LogP contribution in [0, 0.1) is 5.92 Å². The molecule has 164 valence electrons. The second-order valence-corrected chi connectivity index (χ2v) is 10.7. The van der Waals surface area contributed by atoms with Gasteiger partial charge >= 0.3 is 0 Å². The van der Waals surface area contributed by atoms with Crippen molar-refractivity contribution in [2.45, 2.75) is 55.1 Å². The van der Waals surface area contributed by atoms with Gasteiger partial charge in [-0.3, -0.25) is 9.36 Å². The Morgan fingerprint density at radius 2 is 1.74 bits per heavy atom. The van der Waals surface area contributed by atoms with Crippen molar-refractivity contribution in [1.29, 1.82) is 0 Å². The Labute approximate surface area is 186 Å². The molecule has 0 spiro atoms. The Morgan fingerprint density at radius 1 is 1.03 bits per heavy atom. The molecule has 3 aromatic rings. The Bertz CT molecular complexity index is 1220. The minimum Gasteiger partial charge on any atom is -0.287 e. The third-order valence-electron chi connectivity index (χ3n) is 5.88. The lowest BCUT2D eigenvalue weighted by Crippen LogP contribution is -2.25. The van der Waals surface area contributed by atoms with Gasteiger partial charge in [-0.1, -0.05) is 55.3 Å². The number of hydrogen-bond acceptors (Lipinski definition) is 5. The maximum atomic E-state index is 13.2. The lowest BCUT2D eigenvalue weighted by Gasteiger charge is -2.21. The Balaban J connectivity index is 1.58. The van der Waals surface area contributed by atoms with Crippen LogP contribution < -0.4 is 10.7 Å². The van der Waals surface area contributed by atoms with Crippen molar-refractivity contribution < 1.29 is 8.42 Å². The molecule has 1 aromatic heterocycles. The number of para-hydroxylation sites is 1. The quantitative estimate of drug-likeness (QED) is 0.428. The van der Waals surface area contributed by atoms with Gasteiger partial charge in [0.1, 0.15) is 0 Å². The molecule has 1 fully saturated rings. The number of sulfonamides is 1. The van der Waals surface area contributed by atoms with E-state index >= 15 is 0 Å². The van der Waals surface area contributed by atoms with Crippen molar-refractivity contribution in [1.82, 2.24) is 9.55 Å². The van der Waals surface area contributed by atoms with Crippen LogP contribution in [0.4, 0.5) is 0 Å². The number of aromatic nitrogens is 2. The fraction of sp³-hybridized carbons (Fsp3) is 0.391. The van der Waals surface area contributed by atoms with Crippen LogP contribution in [-0.2, 0) is 23.0 Å². The number of primary sulfonamides is 1. The van der Waals surface area contributed by atoms with Crippen LogP contribution in [0.3, 0.4) is 0 Å². The number of rotatable bonds is 7. The molecule has 2 aromatic carbocycles. The summed E-state index contributed by atoms with van der Waals surface area (Å²) in [4.78, 5) is 18.1. The number of hydrogen-bond donors (Lipinski definition) is 1. The monoisotopic (exact) mass is 457 g/mol. The number of aryl methyl sites for hydroxylation is 1. The van der Waals surface area contributed by atoms with Gasteiger partial charge in [0.05, 0.1) is 15.8 Å². The molecule has 0 bridgehead atoms.